The van der Waals surface area contributed by atoms with Crippen molar-refractivity contribution >= 4 is 11.6 Å². The van der Waals surface area contributed by atoms with Crippen molar-refractivity contribution < 1.29 is 0 Å². The minimum Gasteiger partial charge on any atom is -0.227 e. The summed E-state index contributed by atoms with van der Waals surface area (Å²) in [6.07, 6.45) is 1.55. The second kappa shape index (κ2) is 4.73. The van der Waals surface area contributed by atoms with Gasteiger partial charge < -0.3 is 0 Å². The number of hydrogen-bond donors (Lipinski definition) is 0. The van der Waals surface area contributed by atoms with Gasteiger partial charge in [0.25, 0.3) is 0 Å². The van der Waals surface area contributed by atoms with Crippen molar-refractivity contribution in [3.05, 3.63) is 59.1 Å². The lowest BCUT2D eigenvalue weighted by Gasteiger charge is -2.08. The molecule has 0 bridgehead atoms. The highest BCUT2D eigenvalue weighted by Crippen LogP contribution is 2.22. The first-order chi connectivity index (χ1) is 7.81. The second-order valence-corrected chi connectivity index (χ2v) is 3.56. The first-order valence-corrected chi connectivity index (χ1v) is 5.12. The van der Waals surface area contributed by atoms with E-state index in [4.69, 9.17) is 11.6 Å². The molecule has 0 saturated carbocycles. The zero-order valence-corrected chi connectivity index (χ0v) is 9.09. The lowest BCUT2D eigenvalue weighted by Crippen LogP contribution is -2.01. The van der Waals surface area contributed by atoms with E-state index in [1.165, 1.54) is 0 Å². The molecule has 0 aliphatic rings. The van der Waals surface area contributed by atoms with Crippen LogP contribution in [0.2, 0.25) is 5.28 Å². The summed E-state index contributed by atoms with van der Waals surface area (Å²) < 4.78 is 0. The SMILES string of the molecule is N#CC(c1ccccc1)c1ccnc(Cl)n1. The third-order valence-electron chi connectivity index (χ3n) is 2.21. The average molecular weight is 230 g/mol. The fourth-order valence-electron chi connectivity index (χ4n) is 1.47. The van der Waals surface area contributed by atoms with E-state index >= 15 is 0 Å². The molecular formula is C12H8ClN3. The molecule has 1 unspecified atom stereocenters. The Bertz CT molecular complexity index is 519. The third-order valence-corrected chi connectivity index (χ3v) is 2.39. The van der Waals surface area contributed by atoms with Crippen LogP contribution in [0.3, 0.4) is 0 Å². The molecule has 0 fully saturated rings. The van der Waals surface area contributed by atoms with Crippen molar-refractivity contribution in [2.45, 2.75) is 5.92 Å². The van der Waals surface area contributed by atoms with E-state index in [9.17, 15) is 5.26 Å². The predicted octanol–water partition coefficient (Wildman–Crippen LogP) is 2.79. The molecular weight excluding hydrogens is 222 g/mol. The second-order valence-electron chi connectivity index (χ2n) is 3.22. The van der Waals surface area contributed by atoms with Crippen molar-refractivity contribution in [1.82, 2.24) is 9.97 Å². The minimum absolute atomic E-state index is 0.161. The minimum atomic E-state index is -0.401. The largest absolute Gasteiger partial charge is 0.227 e. The molecule has 4 heteroatoms. The fourth-order valence-corrected chi connectivity index (χ4v) is 1.62. The fraction of sp³-hybridized carbons (Fsp3) is 0.0833. The van der Waals surface area contributed by atoms with Crippen LogP contribution in [-0.4, -0.2) is 9.97 Å². The van der Waals surface area contributed by atoms with Gasteiger partial charge in [-0.05, 0) is 23.2 Å². The van der Waals surface area contributed by atoms with Crippen molar-refractivity contribution in [3.63, 3.8) is 0 Å². The Morgan fingerprint density at radius 2 is 1.94 bits per heavy atom. The van der Waals surface area contributed by atoms with Crippen LogP contribution < -0.4 is 0 Å². The molecule has 16 heavy (non-hydrogen) atoms. The first-order valence-electron chi connectivity index (χ1n) is 4.74. The highest BCUT2D eigenvalue weighted by atomic mass is 35.5. The van der Waals surface area contributed by atoms with E-state index < -0.39 is 5.92 Å². The molecule has 2 rings (SSSR count). The summed E-state index contributed by atoms with van der Waals surface area (Å²) in [5.74, 6) is -0.401. The lowest BCUT2D eigenvalue weighted by atomic mass is 9.97. The number of benzene rings is 1. The molecule has 0 amide bonds. The molecule has 2 aromatic rings. The van der Waals surface area contributed by atoms with E-state index in [1.54, 1.807) is 12.3 Å². The van der Waals surface area contributed by atoms with Crippen LogP contribution in [0.5, 0.6) is 0 Å². The number of nitrogens with zero attached hydrogens (tertiary/aromatic N) is 3. The summed E-state index contributed by atoms with van der Waals surface area (Å²) in [6.45, 7) is 0. The number of halogens is 1. The van der Waals surface area contributed by atoms with Gasteiger partial charge in [0.15, 0.2) is 0 Å². The standard InChI is InChI=1S/C12H8ClN3/c13-12-15-7-6-11(16-12)10(8-14)9-4-2-1-3-5-9/h1-7,10H. The molecule has 3 nitrogen and oxygen atoms in total. The quantitative estimate of drug-likeness (QED) is 0.744. The Labute approximate surface area is 98.4 Å². The lowest BCUT2D eigenvalue weighted by molar-refractivity contribution is 0.944. The van der Waals surface area contributed by atoms with Crippen molar-refractivity contribution in [2.24, 2.45) is 0 Å². The number of hydrogen-bond acceptors (Lipinski definition) is 3. The molecule has 1 heterocycles. The van der Waals surface area contributed by atoms with E-state index in [2.05, 4.69) is 16.0 Å². The Hall–Kier alpha value is -1.92. The Kier molecular flexibility index (Phi) is 3.13. The van der Waals surface area contributed by atoms with Crippen LogP contribution in [0.15, 0.2) is 42.6 Å². The number of nitriles is 1. The zero-order chi connectivity index (χ0) is 11.4. The summed E-state index contributed by atoms with van der Waals surface area (Å²) in [6, 6.07) is 13.4. The van der Waals surface area contributed by atoms with Gasteiger partial charge in [-0.15, -0.1) is 0 Å². The van der Waals surface area contributed by atoms with Gasteiger partial charge in [0, 0.05) is 6.20 Å². The van der Waals surface area contributed by atoms with Crippen molar-refractivity contribution in [2.75, 3.05) is 0 Å². The van der Waals surface area contributed by atoms with E-state index in [1.807, 2.05) is 30.3 Å². The van der Waals surface area contributed by atoms with Gasteiger partial charge in [0.2, 0.25) is 5.28 Å². The Morgan fingerprint density at radius 1 is 1.19 bits per heavy atom. The maximum Gasteiger partial charge on any atom is 0.222 e. The highest BCUT2D eigenvalue weighted by molar-refractivity contribution is 6.28. The van der Waals surface area contributed by atoms with Crippen LogP contribution in [-0.2, 0) is 0 Å². The van der Waals surface area contributed by atoms with Crippen LogP contribution in [0.1, 0.15) is 17.2 Å². The van der Waals surface area contributed by atoms with Gasteiger partial charge in [-0.2, -0.15) is 5.26 Å². The van der Waals surface area contributed by atoms with Gasteiger partial charge >= 0.3 is 0 Å². The summed E-state index contributed by atoms with van der Waals surface area (Å²) in [4.78, 5) is 7.85. The third kappa shape index (κ3) is 2.18. The van der Waals surface area contributed by atoms with E-state index in [-0.39, 0.29) is 5.28 Å². The first kappa shape index (κ1) is 10.6. The molecule has 1 aromatic heterocycles. The molecule has 0 N–H and O–H groups in total. The van der Waals surface area contributed by atoms with Gasteiger partial charge in [0.1, 0.15) is 5.92 Å². The van der Waals surface area contributed by atoms with Crippen LogP contribution in [0, 0.1) is 11.3 Å². The van der Waals surface area contributed by atoms with E-state index in [0.717, 1.165) is 5.56 Å². The number of rotatable bonds is 2. The molecule has 1 atom stereocenters. The Morgan fingerprint density at radius 3 is 2.56 bits per heavy atom. The average Bonchev–Trinajstić information content (AvgIpc) is 2.31. The smallest absolute Gasteiger partial charge is 0.222 e. The van der Waals surface area contributed by atoms with Crippen molar-refractivity contribution in [1.29, 1.82) is 5.26 Å². The van der Waals surface area contributed by atoms with Gasteiger partial charge in [-0.3, -0.25) is 0 Å². The zero-order valence-electron chi connectivity index (χ0n) is 8.34. The highest BCUT2D eigenvalue weighted by Gasteiger charge is 2.14. The molecule has 1 aromatic carbocycles. The maximum absolute atomic E-state index is 9.17. The monoisotopic (exact) mass is 229 g/mol. The Balaban J connectivity index is 2.42. The van der Waals surface area contributed by atoms with Crippen LogP contribution in [0.4, 0.5) is 0 Å². The molecule has 0 saturated heterocycles. The van der Waals surface area contributed by atoms with Gasteiger partial charge in [-0.1, -0.05) is 30.3 Å². The molecule has 78 valence electrons. The summed E-state index contributed by atoms with van der Waals surface area (Å²) in [5, 5.41) is 9.33. The summed E-state index contributed by atoms with van der Waals surface area (Å²) in [5.41, 5.74) is 1.52. The summed E-state index contributed by atoms with van der Waals surface area (Å²) >= 11 is 5.70. The molecule has 0 radical (unpaired) electrons. The normalized spacial score (nSPS) is 11.8. The van der Waals surface area contributed by atoms with Gasteiger partial charge in [0.05, 0.1) is 11.8 Å². The van der Waals surface area contributed by atoms with Crippen LogP contribution >= 0.6 is 11.6 Å². The predicted molar refractivity (Wildman–Crippen MR) is 60.9 cm³/mol. The van der Waals surface area contributed by atoms with Crippen LogP contribution in [0.25, 0.3) is 0 Å². The maximum atomic E-state index is 9.17. The van der Waals surface area contributed by atoms with Crippen molar-refractivity contribution in [3.8, 4) is 6.07 Å². The molecule has 0 aliphatic carbocycles. The number of aromatic nitrogens is 2. The molecule has 0 spiro atoms. The van der Waals surface area contributed by atoms with E-state index in [0.29, 0.717) is 5.69 Å². The van der Waals surface area contributed by atoms with Gasteiger partial charge in [-0.25, -0.2) is 9.97 Å². The molecule has 0 aliphatic heterocycles. The topological polar surface area (TPSA) is 49.6 Å². The summed E-state index contributed by atoms with van der Waals surface area (Å²) in [7, 11) is 0.